The topological polar surface area (TPSA) is 102 Å². The normalized spacial score (nSPS) is 17.0. The molecule has 24 heavy (non-hydrogen) atoms. The van der Waals surface area contributed by atoms with Crippen LogP contribution in [0.1, 0.15) is 54.4 Å². The summed E-state index contributed by atoms with van der Waals surface area (Å²) in [5.74, 6) is -0.788. The van der Waals surface area contributed by atoms with Gasteiger partial charge in [-0.1, -0.05) is 25.8 Å². The Hall–Kier alpha value is -2.09. The van der Waals surface area contributed by atoms with Crippen LogP contribution in [0, 0.1) is 0 Å². The molecule has 8 heteroatoms. The lowest BCUT2D eigenvalue weighted by atomic mass is 9.85. The standard InChI is InChI=1S/C16H22N2O5S/c1-4-5-6-10-9-13(19)17-15-11(10)7-8-12(23-2)14(15)16(20)18-24(3,21)22/h7-8,10H,4-6,9H2,1-3H3,(H,17,19)(H,18,20). The maximum Gasteiger partial charge on any atom is 0.270 e. The molecule has 2 rings (SSSR count). The second-order valence-corrected chi connectivity index (χ2v) is 7.65. The van der Waals surface area contributed by atoms with Gasteiger partial charge >= 0.3 is 0 Å². The Kier molecular flexibility index (Phi) is 5.48. The lowest BCUT2D eigenvalue weighted by Crippen LogP contribution is -2.32. The van der Waals surface area contributed by atoms with Crippen LogP contribution in [0.15, 0.2) is 12.1 Å². The van der Waals surface area contributed by atoms with Crippen molar-refractivity contribution < 1.29 is 22.7 Å². The van der Waals surface area contributed by atoms with Crippen LogP contribution in [-0.2, 0) is 14.8 Å². The number of carbonyl (C=O) groups excluding carboxylic acids is 2. The molecule has 0 aromatic heterocycles. The van der Waals surface area contributed by atoms with Gasteiger partial charge in [0.05, 0.1) is 19.1 Å². The van der Waals surface area contributed by atoms with Crippen LogP contribution >= 0.6 is 0 Å². The Bertz CT molecular complexity index is 758. The minimum Gasteiger partial charge on any atom is -0.496 e. The number of benzene rings is 1. The maximum atomic E-state index is 12.4. The Balaban J connectivity index is 2.53. The van der Waals surface area contributed by atoms with E-state index in [9.17, 15) is 18.0 Å². The van der Waals surface area contributed by atoms with Crippen molar-refractivity contribution in [2.24, 2.45) is 0 Å². The smallest absolute Gasteiger partial charge is 0.270 e. The molecular formula is C16H22N2O5S. The van der Waals surface area contributed by atoms with E-state index in [-0.39, 0.29) is 23.1 Å². The van der Waals surface area contributed by atoms with E-state index in [1.807, 2.05) is 10.8 Å². The average molecular weight is 354 g/mol. The first-order chi connectivity index (χ1) is 11.3. The zero-order valence-corrected chi connectivity index (χ0v) is 14.8. The second kappa shape index (κ2) is 7.21. The number of amides is 2. The maximum absolute atomic E-state index is 12.4. The number of fused-ring (bicyclic) bond motifs is 1. The molecule has 1 aromatic carbocycles. The summed E-state index contributed by atoms with van der Waals surface area (Å²) in [7, 11) is -2.34. The van der Waals surface area contributed by atoms with Crippen LogP contribution in [-0.4, -0.2) is 33.6 Å². The number of hydrogen-bond acceptors (Lipinski definition) is 5. The van der Waals surface area contributed by atoms with Gasteiger partial charge in [-0.15, -0.1) is 0 Å². The average Bonchev–Trinajstić information content (AvgIpc) is 2.49. The summed E-state index contributed by atoms with van der Waals surface area (Å²) in [5.41, 5.74) is 1.21. The van der Waals surface area contributed by atoms with Crippen LogP contribution in [0.25, 0.3) is 0 Å². The van der Waals surface area contributed by atoms with Gasteiger partial charge in [-0.05, 0) is 24.0 Å². The first-order valence-corrected chi connectivity index (χ1v) is 9.68. The van der Waals surface area contributed by atoms with E-state index in [0.717, 1.165) is 31.1 Å². The number of sulfonamides is 1. The van der Waals surface area contributed by atoms with Gasteiger partial charge in [-0.2, -0.15) is 0 Å². The highest BCUT2D eigenvalue weighted by Gasteiger charge is 2.31. The number of rotatable bonds is 6. The van der Waals surface area contributed by atoms with Crippen molar-refractivity contribution >= 4 is 27.5 Å². The first kappa shape index (κ1) is 18.3. The highest BCUT2D eigenvalue weighted by molar-refractivity contribution is 7.89. The Morgan fingerprint density at radius 3 is 2.71 bits per heavy atom. The third-order valence-corrected chi connectivity index (χ3v) is 4.52. The van der Waals surface area contributed by atoms with E-state index in [1.54, 1.807) is 6.07 Å². The third kappa shape index (κ3) is 4.05. The lowest BCUT2D eigenvalue weighted by molar-refractivity contribution is -0.116. The summed E-state index contributed by atoms with van der Waals surface area (Å²) in [5, 5.41) is 2.70. The minimum absolute atomic E-state index is 0.00406. The van der Waals surface area contributed by atoms with E-state index >= 15 is 0 Å². The molecule has 1 heterocycles. The number of anilines is 1. The Morgan fingerprint density at radius 2 is 2.12 bits per heavy atom. The van der Waals surface area contributed by atoms with Gasteiger partial charge in [0.1, 0.15) is 11.3 Å². The molecule has 1 aliphatic rings. The molecule has 1 unspecified atom stereocenters. The molecule has 7 nitrogen and oxygen atoms in total. The summed E-state index contributed by atoms with van der Waals surface area (Å²) < 4.78 is 29.9. The number of nitrogens with one attached hydrogen (secondary N) is 2. The minimum atomic E-state index is -3.73. The lowest BCUT2D eigenvalue weighted by Gasteiger charge is -2.28. The van der Waals surface area contributed by atoms with Crippen LogP contribution in [0.4, 0.5) is 5.69 Å². The fourth-order valence-electron chi connectivity index (χ4n) is 2.92. The van der Waals surface area contributed by atoms with Crippen molar-refractivity contribution in [3.63, 3.8) is 0 Å². The third-order valence-electron chi connectivity index (χ3n) is 3.97. The molecule has 2 N–H and O–H groups in total. The van der Waals surface area contributed by atoms with E-state index in [1.165, 1.54) is 7.11 Å². The van der Waals surface area contributed by atoms with Gasteiger partial charge in [0, 0.05) is 6.42 Å². The molecule has 1 atom stereocenters. The van der Waals surface area contributed by atoms with Gasteiger partial charge in [0.15, 0.2) is 0 Å². The molecule has 0 fully saturated rings. The molecule has 0 aliphatic carbocycles. The fourth-order valence-corrected chi connectivity index (χ4v) is 3.36. The first-order valence-electron chi connectivity index (χ1n) is 7.79. The monoisotopic (exact) mass is 354 g/mol. The van der Waals surface area contributed by atoms with Gasteiger partial charge in [0.2, 0.25) is 15.9 Å². The molecule has 0 spiro atoms. The Labute approximate surface area is 141 Å². The zero-order valence-electron chi connectivity index (χ0n) is 14.0. The quantitative estimate of drug-likeness (QED) is 0.813. The molecule has 0 radical (unpaired) electrons. The van der Waals surface area contributed by atoms with Crippen molar-refractivity contribution in [1.82, 2.24) is 4.72 Å². The summed E-state index contributed by atoms with van der Waals surface area (Å²) in [6.07, 6.45) is 4.05. The fraction of sp³-hybridized carbons (Fsp3) is 0.500. The van der Waals surface area contributed by atoms with E-state index in [4.69, 9.17) is 4.74 Å². The van der Waals surface area contributed by atoms with Crippen LogP contribution in [0.2, 0.25) is 0 Å². The van der Waals surface area contributed by atoms with E-state index in [2.05, 4.69) is 12.2 Å². The molecule has 2 amide bonds. The molecule has 132 valence electrons. The number of ether oxygens (including phenoxy) is 1. The van der Waals surface area contributed by atoms with Crippen molar-refractivity contribution in [2.75, 3.05) is 18.7 Å². The van der Waals surface area contributed by atoms with Crippen molar-refractivity contribution in [3.05, 3.63) is 23.3 Å². The second-order valence-electron chi connectivity index (χ2n) is 5.90. The summed E-state index contributed by atoms with van der Waals surface area (Å²) in [4.78, 5) is 24.5. The van der Waals surface area contributed by atoms with Crippen molar-refractivity contribution in [2.45, 2.75) is 38.5 Å². The van der Waals surface area contributed by atoms with Crippen molar-refractivity contribution in [1.29, 1.82) is 0 Å². The van der Waals surface area contributed by atoms with Crippen LogP contribution in [0.5, 0.6) is 5.75 Å². The number of unbranched alkanes of at least 4 members (excludes halogenated alkanes) is 1. The highest BCUT2D eigenvalue weighted by atomic mass is 32.2. The molecule has 0 bridgehead atoms. The summed E-state index contributed by atoms with van der Waals surface area (Å²) in [6.45, 7) is 2.07. The van der Waals surface area contributed by atoms with Crippen LogP contribution in [0.3, 0.4) is 0 Å². The molecular weight excluding hydrogens is 332 g/mol. The summed E-state index contributed by atoms with van der Waals surface area (Å²) in [6, 6.07) is 3.46. The molecule has 1 aromatic rings. The Morgan fingerprint density at radius 1 is 1.42 bits per heavy atom. The van der Waals surface area contributed by atoms with Gasteiger partial charge in [0.25, 0.3) is 5.91 Å². The van der Waals surface area contributed by atoms with Gasteiger partial charge in [-0.25, -0.2) is 13.1 Å². The summed E-state index contributed by atoms with van der Waals surface area (Å²) >= 11 is 0. The molecule has 0 saturated carbocycles. The molecule has 1 aliphatic heterocycles. The predicted molar refractivity (Wildman–Crippen MR) is 90.8 cm³/mol. The van der Waals surface area contributed by atoms with E-state index in [0.29, 0.717) is 12.1 Å². The SMILES string of the molecule is CCCCC1CC(=O)Nc2c1ccc(OC)c2C(=O)NS(C)(=O)=O. The van der Waals surface area contributed by atoms with Crippen molar-refractivity contribution in [3.8, 4) is 5.75 Å². The predicted octanol–water partition coefficient (Wildman–Crippen LogP) is 2.00. The number of methoxy groups -OCH3 is 1. The van der Waals surface area contributed by atoms with Crippen LogP contribution < -0.4 is 14.8 Å². The van der Waals surface area contributed by atoms with Gasteiger partial charge in [-0.3, -0.25) is 9.59 Å². The number of carbonyl (C=O) groups is 2. The largest absolute Gasteiger partial charge is 0.496 e. The van der Waals surface area contributed by atoms with Gasteiger partial charge < -0.3 is 10.1 Å². The zero-order chi connectivity index (χ0) is 17.9. The molecule has 0 saturated heterocycles. The highest BCUT2D eigenvalue weighted by Crippen LogP contribution is 2.41. The van der Waals surface area contributed by atoms with E-state index < -0.39 is 15.9 Å². The number of hydrogen-bond donors (Lipinski definition) is 2.